The fraction of sp³-hybridized carbons (Fsp3) is 0.571. The number of hydrogen-bond acceptors (Lipinski definition) is 2. The summed E-state index contributed by atoms with van der Waals surface area (Å²) in [6, 6.07) is 0.619. The molecule has 0 aromatic heterocycles. The Morgan fingerprint density at radius 1 is 1.44 bits per heavy atom. The number of rotatable bonds is 1. The average Bonchev–Trinajstić information content (AvgIpc) is 2.55. The Labute approximate surface area is 97.1 Å². The van der Waals surface area contributed by atoms with Crippen LogP contribution in [0.5, 0.6) is 0 Å². The quantitative estimate of drug-likeness (QED) is 0.729. The molecular weight excluding hydrogens is 198 g/mol. The molecule has 3 aliphatic rings. The van der Waals surface area contributed by atoms with Crippen molar-refractivity contribution in [1.29, 1.82) is 0 Å². The van der Waals surface area contributed by atoms with Crippen molar-refractivity contribution in [2.75, 3.05) is 13.7 Å². The highest BCUT2D eigenvalue weighted by Gasteiger charge is 2.33. The Bertz CT molecular complexity index is 403. The molecule has 1 heterocycles. The minimum Gasteiger partial charge on any atom is -0.496 e. The van der Waals surface area contributed by atoms with Gasteiger partial charge >= 0.3 is 0 Å². The summed E-state index contributed by atoms with van der Waals surface area (Å²) < 4.78 is 5.50. The van der Waals surface area contributed by atoms with Crippen molar-refractivity contribution in [2.45, 2.75) is 32.2 Å². The normalized spacial score (nSPS) is 32.9. The summed E-state index contributed by atoms with van der Waals surface area (Å²) >= 11 is 0. The minimum absolute atomic E-state index is 0.619. The van der Waals surface area contributed by atoms with E-state index in [9.17, 15) is 0 Å². The van der Waals surface area contributed by atoms with Crippen molar-refractivity contribution in [3.63, 3.8) is 0 Å². The Balaban J connectivity index is 2.05. The largest absolute Gasteiger partial charge is 0.496 e. The van der Waals surface area contributed by atoms with E-state index in [-0.39, 0.29) is 0 Å². The third-order valence-corrected chi connectivity index (χ3v) is 3.99. The van der Waals surface area contributed by atoms with Gasteiger partial charge in [-0.3, -0.25) is 0 Å². The van der Waals surface area contributed by atoms with Crippen molar-refractivity contribution >= 4 is 0 Å². The van der Waals surface area contributed by atoms with Crippen LogP contribution in [0.4, 0.5) is 0 Å². The van der Waals surface area contributed by atoms with Crippen molar-refractivity contribution < 1.29 is 4.74 Å². The Morgan fingerprint density at radius 3 is 3.12 bits per heavy atom. The molecule has 2 aliphatic carbocycles. The smallest absolute Gasteiger partial charge is 0.124 e. The van der Waals surface area contributed by atoms with Gasteiger partial charge in [-0.1, -0.05) is 6.08 Å². The van der Waals surface area contributed by atoms with Crippen LogP contribution >= 0.6 is 0 Å². The molecule has 0 amide bonds. The minimum atomic E-state index is 0.619. The van der Waals surface area contributed by atoms with Gasteiger partial charge in [0.05, 0.1) is 7.11 Å². The molecule has 0 radical (unpaired) electrons. The molecule has 1 N–H and O–H groups in total. The van der Waals surface area contributed by atoms with Crippen LogP contribution in [0.25, 0.3) is 0 Å². The molecule has 0 aromatic carbocycles. The van der Waals surface area contributed by atoms with Crippen LogP contribution in [0.1, 0.15) is 26.2 Å². The topological polar surface area (TPSA) is 21.3 Å². The van der Waals surface area contributed by atoms with E-state index < -0.39 is 0 Å². The number of hydrogen-bond donors (Lipinski definition) is 1. The molecule has 0 aromatic rings. The van der Waals surface area contributed by atoms with Gasteiger partial charge in [0.15, 0.2) is 0 Å². The van der Waals surface area contributed by atoms with Gasteiger partial charge in [-0.05, 0) is 49.3 Å². The average molecular weight is 217 g/mol. The van der Waals surface area contributed by atoms with Crippen LogP contribution in [-0.4, -0.2) is 19.7 Å². The van der Waals surface area contributed by atoms with Crippen LogP contribution < -0.4 is 5.32 Å². The highest BCUT2D eigenvalue weighted by Crippen LogP contribution is 2.43. The summed E-state index contributed by atoms with van der Waals surface area (Å²) in [6.45, 7) is 3.25. The first-order chi connectivity index (χ1) is 7.79. The van der Waals surface area contributed by atoms with Crippen molar-refractivity contribution in [2.24, 2.45) is 5.92 Å². The summed E-state index contributed by atoms with van der Waals surface area (Å²) in [6.07, 6.45) is 8.37. The van der Waals surface area contributed by atoms with Crippen LogP contribution in [0, 0.1) is 5.92 Å². The third-order valence-electron chi connectivity index (χ3n) is 3.99. The maximum atomic E-state index is 5.50. The van der Waals surface area contributed by atoms with Gasteiger partial charge in [0, 0.05) is 18.2 Å². The molecule has 2 atom stereocenters. The van der Waals surface area contributed by atoms with Crippen LogP contribution in [-0.2, 0) is 4.74 Å². The first kappa shape index (κ1) is 10.2. The van der Waals surface area contributed by atoms with Crippen molar-refractivity contribution in [1.82, 2.24) is 5.32 Å². The van der Waals surface area contributed by atoms with E-state index in [1.165, 1.54) is 30.4 Å². The zero-order chi connectivity index (χ0) is 11.1. The zero-order valence-corrected chi connectivity index (χ0v) is 10.0. The van der Waals surface area contributed by atoms with E-state index in [0.717, 1.165) is 18.2 Å². The number of nitrogens with one attached hydrogen (secondary N) is 1. The standard InChI is InChI=1S/C14H19NO/c1-9-6-10-4-3-5-11-7-13(16-2)12(8-15-9)14(10)11/h5,7,9-10,15H,3-4,6,8H2,1-2H3. The molecule has 86 valence electrons. The number of allylic oxidation sites excluding steroid dienone is 4. The van der Waals surface area contributed by atoms with E-state index >= 15 is 0 Å². The second kappa shape index (κ2) is 3.77. The predicted octanol–water partition coefficient (Wildman–Crippen LogP) is 2.55. The van der Waals surface area contributed by atoms with E-state index in [4.69, 9.17) is 4.74 Å². The van der Waals surface area contributed by atoms with E-state index in [0.29, 0.717) is 6.04 Å². The lowest BCUT2D eigenvalue weighted by molar-refractivity contribution is 0.299. The lowest BCUT2D eigenvalue weighted by Crippen LogP contribution is -2.27. The molecule has 0 spiro atoms. The molecule has 2 heteroatoms. The zero-order valence-electron chi connectivity index (χ0n) is 10.0. The molecule has 0 fully saturated rings. The van der Waals surface area contributed by atoms with E-state index in [2.05, 4.69) is 24.4 Å². The van der Waals surface area contributed by atoms with Crippen LogP contribution in [0.3, 0.4) is 0 Å². The second-order valence-electron chi connectivity index (χ2n) is 5.06. The maximum Gasteiger partial charge on any atom is 0.124 e. The van der Waals surface area contributed by atoms with Gasteiger partial charge in [-0.2, -0.15) is 0 Å². The lowest BCUT2D eigenvalue weighted by atomic mass is 9.81. The summed E-state index contributed by atoms with van der Waals surface area (Å²) in [4.78, 5) is 0. The van der Waals surface area contributed by atoms with Crippen LogP contribution in [0.2, 0.25) is 0 Å². The molecule has 0 bridgehead atoms. The molecule has 16 heavy (non-hydrogen) atoms. The highest BCUT2D eigenvalue weighted by atomic mass is 16.5. The SMILES string of the molecule is COC1=CC2=CCCC3CC(C)NCC1=C23. The highest BCUT2D eigenvalue weighted by molar-refractivity contribution is 5.59. The summed E-state index contributed by atoms with van der Waals surface area (Å²) in [7, 11) is 1.78. The monoisotopic (exact) mass is 217 g/mol. The first-order valence-corrected chi connectivity index (χ1v) is 6.22. The predicted molar refractivity (Wildman–Crippen MR) is 65.0 cm³/mol. The Hall–Kier alpha value is -1.02. The van der Waals surface area contributed by atoms with Gasteiger partial charge < -0.3 is 10.1 Å². The van der Waals surface area contributed by atoms with Crippen molar-refractivity contribution in [3.05, 3.63) is 34.6 Å². The molecule has 2 unspecified atom stereocenters. The molecule has 0 saturated heterocycles. The van der Waals surface area contributed by atoms with Gasteiger partial charge in [-0.15, -0.1) is 0 Å². The van der Waals surface area contributed by atoms with Crippen LogP contribution in [0.15, 0.2) is 34.6 Å². The Kier molecular flexibility index (Phi) is 2.40. The third kappa shape index (κ3) is 1.44. The molecular formula is C14H19NO. The lowest BCUT2D eigenvalue weighted by Gasteiger charge is -2.24. The molecule has 3 rings (SSSR count). The van der Waals surface area contributed by atoms with E-state index in [1.807, 2.05) is 0 Å². The second-order valence-corrected chi connectivity index (χ2v) is 5.06. The molecule has 2 nitrogen and oxygen atoms in total. The first-order valence-electron chi connectivity index (χ1n) is 6.22. The van der Waals surface area contributed by atoms with Gasteiger partial charge in [0.25, 0.3) is 0 Å². The van der Waals surface area contributed by atoms with Crippen molar-refractivity contribution in [3.8, 4) is 0 Å². The maximum absolute atomic E-state index is 5.50. The Morgan fingerprint density at radius 2 is 2.31 bits per heavy atom. The van der Waals surface area contributed by atoms with E-state index in [1.54, 1.807) is 12.7 Å². The number of methoxy groups -OCH3 is 1. The number of ether oxygens (including phenoxy) is 1. The summed E-state index contributed by atoms with van der Waals surface area (Å²) in [5.74, 6) is 1.82. The summed E-state index contributed by atoms with van der Waals surface area (Å²) in [5.41, 5.74) is 4.40. The fourth-order valence-electron chi connectivity index (χ4n) is 3.23. The van der Waals surface area contributed by atoms with Gasteiger partial charge in [0.1, 0.15) is 5.76 Å². The summed E-state index contributed by atoms with van der Waals surface area (Å²) in [5, 5.41) is 3.59. The molecule has 1 aliphatic heterocycles. The van der Waals surface area contributed by atoms with Gasteiger partial charge in [-0.25, -0.2) is 0 Å². The fourth-order valence-corrected chi connectivity index (χ4v) is 3.23. The molecule has 0 saturated carbocycles. The van der Waals surface area contributed by atoms with Gasteiger partial charge in [0.2, 0.25) is 0 Å².